The summed E-state index contributed by atoms with van der Waals surface area (Å²) in [4.78, 5) is 28.7. The van der Waals surface area contributed by atoms with Crippen LogP contribution in [0.4, 0.5) is 0 Å². The van der Waals surface area contributed by atoms with Gasteiger partial charge in [-0.2, -0.15) is 0 Å². The van der Waals surface area contributed by atoms with E-state index >= 15 is 0 Å². The van der Waals surface area contributed by atoms with Crippen LogP contribution >= 0.6 is 23.4 Å². The number of benzene rings is 3. The van der Waals surface area contributed by atoms with E-state index in [9.17, 15) is 9.59 Å². The summed E-state index contributed by atoms with van der Waals surface area (Å²) in [5, 5.41) is 3.63. The molecule has 0 aromatic heterocycles. The number of carbonyl (C=O) groups is 2. The minimum atomic E-state index is -0.634. The fourth-order valence-electron chi connectivity index (χ4n) is 3.87. The zero-order valence-electron chi connectivity index (χ0n) is 20.5. The number of nitrogens with zero attached hydrogens (tertiary/aromatic N) is 1. The van der Waals surface area contributed by atoms with Crippen LogP contribution < -0.4 is 5.32 Å². The summed E-state index contributed by atoms with van der Waals surface area (Å²) >= 11 is 7.80. The first-order valence-electron chi connectivity index (χ1n) is 11.8. The molecule has 0 unspecified atom stereocenters. The van der Waals surface area contributed by atoms with E-state index in [2.05, 4.69) is 24.4 Å². The molecule has 0 aliphatic carbocycles. The number of thioether (sulfide) groups is 1. The van der Waals surface area contributed by atoms with Gasteiger partial charge in [-0.1, -0.05) is 78.3 Å². The van der Waals surface area contributed by atoms with Gasteiger partial charge in [-0.05, 0) is 55.2 Å². The molecule has 0 bridgehead atoms. The molecule has 6 heteroatoms. The summed E-state index contributed by atoms with van der Waals surface area (Å²) in [6.07, 6.45) is 0.439. The SMILES string of the molecule is Cc1ccccc1CSCC(=O)N(Cc1cccc(Cl)c1)[C@H](Cc1ccccc1)C(=O)NC(C)C. The van der Waals surface area contributed by atoms with Crippen LogP contribution in [-0.2, 0) is 28.3 Å². The number of hydrogen-bond acceptors (Lipinski definition) is 3. The van der Waals surface area contributed by atoms with Crippen molar-refractivity contribution < 1.29 is 9.59 Å². The number of nitrogens with one attached hydrogen (secondary N) is 1. The van der Waals surface area contributed by atoms with Gasteiger partial charge in [0.25, 0.3) is 0 Å². The van der Waals surface area contributed by atoms with E-state index in [4.69, 9.17) is 11.6 Å². The lowest BCUT2D eigenvalue weighted by Gasteiger charge is -2.32. The van der Waals surface area contributed by atoms with Crippen molar-refractivity contribution in [2.75, 3.05) is 5.75 Å². The van der Waals surface area contributed by atoms with Crippen LogP contribution in [0.15, 0.2) is 78.9 Å². The molecule has 3 aromatic carbocycles. The quantitative estimate of drug-likeness (QED) is 0.343. The van der Waals surface area contributed by atoms with Crippen LogP contribution in [0.25, 0.3) is 0 Å². The van der Waals surface area contributed by atoms with Crippen molar-refractivity contribution in [3.63, 3.8) is 0 Å². The second-order valence-electron chi connectivity index (χ2n) is 8.94. The molecular weight excluding hydrogens is 476 g/mol. The van der Waals surface area contributed by atoms with Crippen LogP contribution in [0.3, 0.4) is 0 Å². The van der Waals surface area contributed by atoms with Crippen molar-refractivity contribution >= 4 is 35.2 Å². The topological polar surface area (TPSA) is 49.4 Å². The van der Waals surface area contributed by atoms with Crippen molar-refractivity contribution in [3.8, 4) is 0 Å². The molecule has 184 valence electrons. The number of aryl methyl sites for hydroxylation is 1. The number of hydrogen-bond donors (Lipinski definition) is 1. The minimum absolute atomic E-state index is 0.0284. The first kappa shape index (κ1) is 26.8. The summed E-state index contributed by atoms with van der Waals surface area (Å²) in [6.45, 7) is 6.25. The van der Waals surface area contributed by atoms with E-state index in [1.54, 1.807) is 16.7 Å². The molecule has 35 heavy (non-hydrogen) atoms. The van der Waals surface area contributed by atoms with Crippen molar-refractivity contribution in [2.24, 2.45) is 0 Å². The first-order chi connectivity index (χ1) is 16.8. The number of halogens is 1. The van der Waals surface area contributed by atoms with Crippen LogP contribution in [0.5, 0.6) is 0 Å². The average molecular weight is 509 g/mol. The first-order valence-corrected chi connectivity index (χ1v) is 13.4. The zero-order valence-corrected chi connectivity index (χ0v) is 22.1. The molecule has 1 atom stereocenters. The minimum Gasteiger partial charge on any atom is -0.352 e. The molecule has 0 heterocycles. The Labute approximate surface area is 218 Å². The van der Waals surface area contributed by atoms with E-state index in [-0.39, 0.29) is 23.6 Å². The third-order valence-electron chi connectivity index (χ3n) is 5.69. The molecule has 1 N–H and O–H groups in total. The van der Waals surface area contributed by atoms with Gasteiger partial charge in [0.1, 0.15) is 6.04 Å². The number of rotatable bonds is 11. The lowest BCUT2D eigenvalue weighted by Crippen LogP contribution is -2.52. The third kappa shape index (κ3) is 8.44. The fraction of sp³-hybridized carbons (Fsp3) is 0.310. The molecular formula is C29H33ClN2O2S. The van der Waals surface area contributed by atoms with Gasteiger partial charge in [-0.15, -0.1) is 11.8 Å². The van der Waals surface area contributed by atoms with Gasteiger partial charge < -0.3 is 10.2 Å². The van der Waals surface area contributed by atoms with Gasteiger partial charge >= 0.3 is 0 Å². The van der Waals surface area contributed by atoms with Crippen molar-refractivity contribution in [3.05, 3.63) is 106 Å². The van der Waals surface area contributed by atoms with E-state index in [1.165, 1.54) is 11.1 Å². The number of carbonyl (C=O) groups excluding carboxylic acids is 2. The van der Waals surface area contributed by atoms with Crippen molar-refractivity contribution in [2.45, 2.75) is 51.6 Å². The fourth-order valence-corrected chi connectivity index (χ4v) is 5.07. The van der Waals surface area contributed by atoms with Gasteiger partial charge in [0, 0.05) is 29.8 Å². The van der Waals surface area contributed by atoms with Gasteiger partial charge in [0.15, 0.2) is 0 Å². The Kier molecular flexibility index (Phi) is 10.2. The second-order valence-corrected chi connectivity index (χ2v) is 10.4. The Hall–Kier alpha value is -2.76. The smallest absolute Gasteiger partial charge is 0.243 e. The highest BCUT2D eigenvalue weighted by Crippen LogP contribution is 2.21. The van der Waals surface area contributed by atoms with Crippen LogP contribution in [0.2, 0.25) is 5.02 Å². The average Bonchev–Trinajstić information content (AvgIpc) is 2.82. The number of amides is 2. The largest absolute Gasteiger partial charge is 0.352 e. The Bertz CT molecular complexity index is 1120. The van der Waals surface area contributed by atoms with Crippen LogP contribution in [0.1, 0.15) is 36.1 Å². The normalized spacial score (nSPS) is 11.8. The monoisotopic (exact) mass is 508 g/mol. The molecule has 4 nitrogen and oxygen atoms in total. The second kappa shape index (κ2) is 13.4. The third-order valence-corrected chi connectivity index (χ3v) is 6.89. The highest BCUT2D eigenvalue weighted by molar-refractivity contribution is 7.99. The molecule has 0 radical (unpaired) electrons. The zero-order chi connectivity index (χ0) is 25.2. The summed E-state index contributed by atoms with van der Waals surface area (Å²) < 4.78 is 0. The van der Waals surface area contributed by atoms with Gasteiger partial charge in [-0.25, -0.2) is 0 Å². The molecule has 0 spiro atoms. The predicted octanol–water partition coefficient (Wildman–Crippen LogP) is 6.05. The maximum absolute atomic E-state index is 13.6. The van der Waals surface area contributed by atoms with Gasteiger partial charge in [0.2, 0.25) is 11.8 Å². The maximum atomic E-state index is 13.6. The standard InChI is InChI=1S/C29H33ClN2O2S/c1-21(2)31-29(34)27(17-23-11-5-4-6-12-23)32(18-24-13-9-15-26(30)16-24)28(33)20-35-19-25-14-8-7-10-22(25)3/h4-16,21,27H,17-20H2,1-3H3,(H,31,34)/t27-/m1/s1. The molecule has 0 aliphatic rings. The van der Waals surface area contributed by atoms with Crippen molar-refractivity contribution in [1.82, 2.24) is 10.2 Å². The lowest BCUT2D eigenvalue weighted by atomic mass is 10.0. The maximum Gasteiger partial charge on any atom is 0.243 e. The Morgan fingerprint density at radius 1 is 0.943 bits per heavy atom. The van der Waals surface area contributed by atoms with Gasteiger partial charge in [0.05, 0.1) is 5.75 Å². The Morgan fingerprint density at radius 2 is 1.63 bits per heavy atom. The Balaban J connectivity index is 1.85. The van der Waals surface area contributed by atoms with Gasteiger partial charge in [-0.3, -0.25) is 9.59 Å². The molecule has 2 amide bonds. The summed E-state index contributed by atoms with van der Waals surface area (Å²) in [5.74, 6) is 0.812. The van der Waals surface area contributed by atoms with Crippen molar-refractivity contribution in [1.29, 1.82) is 0 Å². The Morgan fingerprint density at radius 3 is 2.31 bits per heavy atom. The van der Waals surface area contributed by atoms with Crippen LogP contribution in [-0.4, -0.2) is 34.6 Å². The molecule has 3 rings (SSSR count). The lowest BCUT2D eigenvalue weighted by molar-refractivity contribution is -0.139. The van der Waals surface area contributed by atoms with E-state index in [0.717, 1.165) is 16.9 Å². The summed E-state index contributed by atoms with van der Waals surface area (Å²) in [5.41, 5.74) is 4.32. The highest BCUT2D eigenvalue weighted by atomic mass is 35.5. The van der Waals surface area contributed by atoms with Crippen LogP contribution in [0, 0.1) is 6.92 Å². The van der Waals surface area contributed by atoms with E-state index in [0.29, 0.717) is 18.0 Å². The molecule has 0 saturated heterocycles. The summed E-state index contributed by atoms with van der Waals surface area (Å²) in [7, 11) is 0. The molecule has 0 aliphatic heterocycles. The van der Waals surface area contributed by atoms with E-state index < -0.39 is 6.04 Å². The predicted molar refractivity (Wildman–Crippen MR) is 147 cm³/mol. The highest BCUT2D eigenvalue weighted by Gasteiger charge is 2.30. The summed E-state index contributed by atoms with van der Waals surface area (Å²) in [6, 6.07) is 24.8. The molecule has 0 saturated carbocycles. The molecule has 3 aromatic rings. The van der Waals surface area contributed by atoms with E-state index in [1.807, 2.05) is 80.6 Å². The molecule has 0 fully saturated rings.